The van der Waals surface area contributed by atoms with Gasteiger partial charge in [0, 0.05) is 4.47 Å². The van der Waals surface area contributed by atoms with Gasteiger partial charge in [0.25, 0.3) is 5.91 Å². The lowest BCUT2D eigenvalue weighted by Crippen LogP contribution is -2.19. The number of hydrogen-bond acceptors (Lipinski definition) is 5. The molecule has 3 rings (SSSR count). The molecule has 1 saturated heterocycles. The second kappa shape index (κ2) is 9.88. The number of nitrogens with zero attached hydrogens (tertiary/aromatic N) is 1. The van der Waals surface area contributed by atoms with E-state index in [1.54, 1.807) is 18.2 Å². The van der Waals surface area contributed by atoms with Crippen LogP contribution in [0.1, 0.15) is 12.5 Å². The fourth-order valence-corrected chi connectivity index (χ4v) is 3.83. The molecule has 0 aliphatic carbocycles. The monoisotopic (exact) mass is 490 g/mol. The van der Waals surface area contributed by atoms with Crippen molar-refractivity contribution in [1.82, 2.24) is 5.32 Å². The van der Waals surface area contributed by atoms with Gasteiger partial charge < -0.3 is 14.8 Å². The summed E-state index contributed by atoms with van der Waals surface area (Å²) in [7, 11) is 0. The molecule has 29 heavy (non-hydrogen) atoms. The lowest BCUT2D eigenvalue weighted by molar-refractivity contribution is -0.115. The van der Waals surface area contributed by atoms with Crippen LogP contribution in [0.5, 0.6) is 11.5 Å². The first-order valence-electron chi connectivity index (χ1n) is 8.58. The van der Waals surface area contributed by atoms with Gasteiger partial charge in [0.15, 0.2) is 16.7 Å². The summed E-state index contributed by atoms with van der Waals surface area (Å²) in [5.41, 5.74) is 1.45. The van der Waals surface area contributed by atoms with Gasteiger partial charge in [0.2, 0.25) is 0 Å². The molecule has 148 valence electrons. The first-order valence-corrected chi connectivity index (χ1v) is 10.6. The smallest absolute Gasteiger partial charge is 0.264 e. The van der Waals surface area contributed by atoms with E-state index >= 15 is 0 Å². The standard InChI is InChI=1S/C21H16BrClN2O3S/c1-3-9-28-19-16(23)10-13(11-17(19)27-4-2)12-18-20(26)25-21(29-18)24-15-7-5-14(22)6-8-15/h1,5-8,10-12H,4,9H2,2H3,(H,24,25,26)/b18-12-. The van der Waals surface area contributed by atoms with Gasteiger partial charge in [-0.05, 0) is 66.7 Å². The van der Waals surface area contributed by atoms with E-state index in [0.29, 0.717) is 38.8 Å². The summed E-state index contributed by atoms with van der Waals surface area (Å²) >= 11 is 11.0. The van der Waals surface area contributed by atoms with Gasteiger partial charge in [-0.1, -0.05) is 33.5 Å². The predicted molar refractivity (Wildman–Crippen MR) is 122 cm³/mol. The lowest BCUT2D eigenvalue weighted by atomic mass is 10.2. The summed E-state index contributed by atoms with van der Waals surface area (Å²) in [5.74, 6) is 3.02. The van der Waals surface area contributed by atoms with Crippen LogP contribution in [-0.4, -0.2) is 24.3 Å². The number of benzene rings is 2. The molecule has 0 aromatic heterocycles. The maximum atomic E-state index is 12.3. The summed E-state index contributed by atoms with van der Waals surface area (Å²) in [6.45, 7) is 2.37. The minimum Gasteiger partial charge on any atom is -0.490 e. The number of rotatable bonds is 6. The van der Waals surface area contributed by atoms with Gasteiger partial charge >= 0.3 is 0 Å². The maximum Gasteiger partial charge on any atom is 0.264 e. The molecular weight excluding hydrogens is 476 g/mol. The van der Waals surface area contributed by atoms with Gasteiger partial charge in [0.1, 0.15) is 6.61 Å². The molecule has 1 aliphatic heterocycles. The highest BCUT2D eigenvalue weighted by Crippen LogP contribution is 2.38. The Morgan fingerprint density at radius 3 is 2.76 bits per heavy atom. The summed E-state index contributed by atoms with van der Waals surface area (Å²) in [4.78, 5) is 17.3. The number of aliphatic imine (C=N–C) groups is 1. The fraction of sp³-hybridized carbons (Fsp3) is 0.143. The quantitative estimate of drug-likeness (QED) is 0.434. The third-order valence-electron chi connectivity index (χ3n) is 3.64. The number of nitrogens with one attached hydrogen (secondary N) is 1. The van der Waals surface area contributed by atoms with Crippen LogP contribution in [0.3, 0.4) is 0 Å². The highest BCUT2D eigenvalue weighted by molar-refractivity contribution is 9.10. The van der Waals surface area contributed by atoms with Crippen LogP contribution in [0.15, 0.2) is 50.8 Å². The van der Waals surface area contributed by atoms with Crippen molar-refractivity contribution in [1.29, 1.82) is 0 Å². The molecule has 1 fully saturated rings. The van der Waals surface area contributed by atoms with E-state index in [1.165, 1.54) is 11.8 Å². The van der Waals surface area contributed by atoms with Crippen molar-refractivity contribution in [2.75, 3.05) is 13.2 Å². The number of carbonyl (C=O) groups is 1. The summed E-state index contributed by atoms with van der Waals surface area (Å²) in [5, 5.41) is 3.62. The predicted octanol–water partition coefficient (Wildman–Crippen LogP) is 5.40. The number of amides is 1. The van der Waals surface area contributed by atoms with Gasteiger partial charge in [0.05, 0.1) is 22.2 Å². The van der Waals surface area contributed by atoms with Crippen LogP contribution in [0.2, 0.25) is 5.02 Å². The molecule has 0 spiro atoms. The molecule has 0 bridgehead atoms. The number of thioether (sulfide) groups is 1. The summed E-state index contributed by atoms with van der Waals surface area (Å²) < 4.78 is 12.1. The average molecular weight is 492 g/mol. The average Bonchev–Trinajstić information content (AvgIpc) is 3.02. The third kappa shape index (κ3) is 5.57. The first-order chi connectivity index (χ1) is 14.0. The number of halogens is 2. The van der Waals surface area contributed by atoms with E-state index in [1.807, 2.05) is 31.2 Å². The van der Waals surface area contributed by atoms with Crippen molar-refractivity contribution in [3.63, 3.8) is 0 Å². The van der Waals surface area contributed by atoms with E-state index in [0.717, 1.165) is 10.2 Å². The minimum absolute atomic E-state index is 0.0777. The van der Waals surface area contributed by atoms with Crippen LogP contribution < -0.4 is 14.8 Å². The second-order valence-electron chi connectivity index (χ2n) is 5.71. The summed E-state index contributed by atoms with van der Waals surface area (Å²) in [6, 6.07) is 10.9. The molecular formula is C21H16BrClN2O3S. The Bertz CT molecular complexity index is 1030. The van der Waals surface area contributed by atoms with E-state index in [4.69, 9.17) is 27.5 Å². The highest BCUT2D eigenvalue weighted by Gasteiger charge is 2.24. The topological polar surface area (TPSA) is 59.9 Å². The maximum absolute atomic E-state index is 12.3. The van der Waals surface area contributed by atoms with E-state index in [9.17, 15) is 4.79 Å². The van der Waals surface area contributed by atoms with Crippen molar-refractivity contribution >= 4 is 62.1 Å². The highest BCUT2D eigenvalue weighted by atomic mass is 79.9. The molecule has 5 nitrogen and oxygen atoms in total. The van der Waals surface area contributed by atoms with Crippen molar-refractivity contribution < 1.29 is 14.3 Å². The zero-order chi connectivity index (χ0) is 20.8. The molecule has 1 heterocycles. The van der Waals surface area contributed by atoms with Crippen LogP contribution in [0.25, 0.3) is 6.08 Å². The van der Waals surface area contributed by atoms with Crippen LogP contribution in [0, 0.1) is 12.3 Å². The number of terminal acetylenes is 1. The van der Waals surface area contributed by atoms with Gasteiger partial charge in [-0.15, -0.1) is 6.42 Å². The Kier molecular flexibility index (Phi) is 7.26. The third-order valence-corrected chi connectivity index (χ3v) is 5.36. The molecule has 0 radical (unpaired) electrons. The molecule has 1 aliphatic rings. The van der Waals surface area contributed by atoms with Gasteiger partial charge in [-0.25, -0.2) is 4.99 Å². The Morgan fingerprint density at radius 2 is 2.07 bits per heavy atom. The number of hydrogen-bond donors (Lipinski definition) is 1. The first kappa shape index (κ1) is 21.3. The molecule has 0 atom stereocenters. The van der Waals surface area contributed by atoms with Gasteiger partial charge in [-0.2, -0.15) is 0 Å². The van der Waals surface area contributed by atoms with E-state index in [-0.39, 0.29) is 12.5 Å². The molecule has 8 heteroatoms. The van der Waals surface area contributed by atoms with Gasteiger partial charge in [-0.3, -0.25) is 4.79 Å². The van der Waals surface area contributed by atoms with Crippen molar-refractivity contribution in [3.05, 3.63) is 56.4 Å². The largest absolute Gasteiger partial charge is 0.490 e. The summed E-state index contributed by atoms with van der Waals surface area (Å²) in [6.07, 6.45) is 6.98. The zero-order valence-electron chi connectivity index (χ0n) is 15.4. The van der Waals surface area contributed by atoms with Crippen molar-refractivity contribution in [2.24, 2.45) is 4.99 Å². The Morgan fingerprint density at radius 1 is 1.31 bits per heavy atom. The van der Waals surface area contributed by atoms with Crippen LogP contribution >= 0.6 is 39.3 Å². The molecule has 1 amide bonds. The van der Waals surface area contributed by atoms with Crippen LogP contribution in [0.4, 0.5) is 5.69 Å². The van der Waals surface area contributed by atoms with Crippen molar-refractivity contribution in [2.45, 2.75) is 6.92 Å². The second-order valence-corrected chi connectivity index (χ2v) is 8.07. The molecule has 2 aromatic rings. The molecule has 0 unspecified atom stereocenters. The molecule has 1 N–H and O–H groups in total. The Labute approximate surface area is 186 Å². The Balaban J connectivity index is 1.86. The van der Waals surface area contributed by atoms with Crippen molar-refractivity contribution in [3.8, 4) is 23.8 Å². The lowest BCUT2D eigenvalue weighted by Gasteiger charge is -2.13. The zero-order valence-corrected chi connectivity index (χ0v) is 18.5. The fourth-order valence-electron chi connectivity index (χ4n) is 2.45. The number of ether oxygens (including phenoxy) is 2. The minimum atomic E-state index is -0.229. The van der Waals surface area contributed by atoms with E-state index < -0.39 is 0 Å². The normalized spacial score (nSPS) is 16.0. The van der Waals surface area contributed by atoms with Crippen LogP contribution in [-0.2, 0) is 4.79 Å². The Hall–Kier alpha value is -2.40. The van der Waals surface area contributed by atoms with E-state index in [2.05, 4.69) is 32.2 Å². The number of amidine groups is 1. The molecule has 0 saturated carbocycles. The number of carbonyl (C=O) groups excluding carboxylic acids is 1. The molecule has 2 aromatic carbocycles. The SMILES string of the molecule is C#CCOc1c(Cl)cc(/C=C2\SC(=Nc3ccc(Br)cc3)NC2=O)cc1OCC.